The van der Waals surface area contributed by atoms with Crippen LogP contribution in [0, 0.1) is 0 Å². The molecule has 3 amide bonds. The second-order valence-corrected chi connectivity index (χ2v) is 7.57. The first-order chi connectivity index (χ1) is 15.4. The van der Waals surface area contributed by atoms with Gasteiger partial charge in [-0.05, 0) is 45.0 Å². The summed E-state index contributed by atoms with van der Waals surface area (Å²) in [4.78, 5) is 51.5. The van der Waals surface area contributed by atoms with Crippen LogP contribution in [-0.4, -0.2) is 51.8 Å². The second kappa shape index (κ2) is 10.2. The van der Waals surface area contributed by atoms with E-state index in [1.54, 1.807) is 45.0 Å². The van der Waals surface area contributed by atoms with Crippen molar-refractivity contribution < 1.29 is 28.7 Å². The summed E-state index contributed by atoms with van der Waals surface area (Å²) in [5, 5.41) is 13.4. The van der Waals surface area contributed by atoms with E-state index in [4.69, 9.17) is 4.74 Å². The fraction of sp³-hybridized carbons (Fsp3) is 0.238. The summed E-state index contributed by atoms with van der Waals surface area (Å²) < 4.78 is 9.60. The first-order valence-corrected chi connectivity index (χ1v) is 9.51. The number of carbonyl (C=O) groups excluding carboxylic acids is 4. The fourth-order valence-electron chi connectivity index (χ4n) is 2.26. The minimum Gasteiger partial charge on any atom is -0.464 e. The molecule has 4 N–H and O–H groups in total. The van der Waals surface area contributed by atoms with E-state index < -0.39 is 29.5 Å². The Hall–Kier alpha value is -4.48. The first-order valence-electron chi connectivity index (χ1n) is 9.51. The van der Waals surface area contributed by atoms with Crippen LogP contribution >= 0.6 is 0 Å². The molecule has 0 fully saturated rings. The molecular weight excluding hydrogens is 432 g/mol. The summed E-state index contributed by atoms with van der Waals surface area (Å²) >= 11 is 0. The summed E-state index contributed by atoms with van der Waals surface area (Å²) in [7, 11) is 1.13. The number of hydrogen-bond acceptors (Lipinski definition) is 8. The van der Waals surface area contributed by atoms with E-state index in [0.29, 0.717) is 11.3 Å². The predicted molar refractivity (Wildman–Crippen MR) is 118 cm³/mol. The molecule has 0 radical (unpaired) electrons. The van der Waals surface area contributed by atoms with Gasteiger partial charge in [-0.25, -0.2) is 14.6 Å². The van der Waals surface area contributed by atoms with Crippen LogP contribution in [0.1, 0.15) is 31.4 Å². The lowest BCUT2D eigenvalue weighted by atomic mass is 10.2. The average molecular weight is 456 g/mol. The number of H-pyrrole nitrogens is 1. The Labute approximate surface area is 189 Å². The molecule has 0 bridgehead atoms. The highest BCUT2D eigenvalue weighted by atomic mass is 16.6. The standard InChI is InChI=1S/C21H24N6O6/c1-11(17(28)23-12(2)19(30)32-6)22-18(29)16-25-15(26-27-16)13-7-9-14(10-8-13)24-20(31)33-21(3,4)5/h7-10H,1-2H2,3-6H3,(H,22,29)(H,23,28)(H,24,31)(H,25,26,27). The van der Waals surface area contributed by atoms with Crippen molar-refractivity contribution in [1.29, 1.82) is 0 Å². The molecule has 0 aliphatic heterocycles. The number of aromatic amines is 1. The van der Waals surface area contributed by atoms with Gasteiger partial charge in [0.05, 0.1) is 12.8 Å². The number of methoxy groups -OCH3 is 1. The molecule has 0 atom stereocenters. The van der Waals surface area contributed by atoms with E-state index in [1.807, 2.05) is 0 Å². The van der Waals surface area contributed by atoms with E-state index in [-0.39, 0.29) is 23.0 Å². The molecule has 2 rings (SSSR count). The van der Waals surface area contributed by atoms with Gasteiger partial charge >= 0.3 is 12.1 Å². The highest BCUT2D eigenvalue weighted by Gasteiger charge is 2.19. The molecule has 1 aromatic carbocycles. The maximum Gasteiger partial charge on any atom is 0.412 e. The maximum absolute atomic E-state index is 12.3. The van der Waals surface area contributed by atoms with Crippen molar-refractivity contribution >= 4 is 29.6 Å². The SMILES string of the molecule is C=C(NC(=O)c1nc(-c2ccc(NC(=O)OC(C)(C)C)cc2)n[nH]1)C(=O)NC(=C)C(=O)OC. The molecule has 0 aliphatic rings. The van der Waals surface area contributed by atoms with Crippen LogP contribution in [0.4, 0.5) is 10.5 Å². The smallest absolute Gasteiger partial charge is 0.412 e. The van der Waals surface area contributed by atoms with Gasteiger partial charge in [-0.15, -0.1) is 0 Å². The number of hydrogen-bond donors (Lipinski definition) is 4. The van der Waals surface area contributed by atoms with Gasteiger partial charge in [0.1, 0.15) is 11.3 Å². The number of carbonyl (C=O) groups is 4. The normalized spacial score (nSPS) is 10.5. The molecule has 12 heteroatoms. The van der Waals surface area contributed by atoms with Crippen LogP contribution in [0.2, 0.25) is 0 Å². The summed E-state index contributed by atoms with van der Waals surface area (Å²) in [6.07, 6.45) is -0.591. The monoisotopic (exact) mass is 456 g/mol. The van der Waals surface area contributed by atoms with E-state index in [2.05, 4.69) is 49.0 Å². The molecule has 174 valence electrons. The van der Waals surface area contributed by atoms with Gasteiger partial charge in [-0.3, -0.25) is 20.0 Å². The first kappa shape index (κ1) is 24.8. The van der Waals surface area contributed by atoms with Gasteiger partial charge in [0, 0.05) is 11.3 Å². The average Bonchev–Trinajstić information content (AvgIpc) is 3.22. The molecule has 12 nitrogen and oxygen atoms in total. The highest BCUT2D eigenvalue weighted by molar-refractivity contribution is 6.04. The number of benzene rings is 1. The Morgan fingerprint density at radius 1 is 1.00 bits per heavy atom. The van der Waals surface area contributed by atoms with Gasteiger partial charge in [0.2, 0.25) is 5.82 Å². The van der Waals surface area contributed by atoms with Crippen LogP contribution in [0.25, 0.3) is 11.4 Å². The van der Waals surface area contributed by atoms with Crippen molar-refractivity contribution in [2.45, 2.75) is 26.4 Å². The zero-order chi connectivity index (χ0) is 24.8. The van der Waals surface area contributed by atoms with Gasteiger partial charge in [0.15, 0.2) is 5.82 Å². The summed E-state index contributed by atoms with van der Waals surface area (Å²) in [6, 6.07) is 6.52. The third-order valence-corrected chi connectivity index (χ3v) is 3.72. The van der Waals surface area contributed by atoms with Gasteiger partial charge in [-0.1, -0.05) is 13.2 Å². The Balaban J connectivity index is 1.98. The second-order valence-electron chi connectivity index (χ2n) is 7.57. The predicted octanol–water partition coefficient (Wildman–Crippen LogP) is 1.87. The number of nitrogens with zero attached hydrogens (tertiary/aromatic N) is 2. The Bertz CT molecular complexity index is 1100. The van der Waals surface area contributed by atoms with Gasteiger partial charge < -0.3 is 20.1 Å². The third kappa shape index (κ3) is 7.31. The number of anilines is 1. The molecule has 1 heterocycles. The van der Waals surface area contributed by atoms with E-state index in [9.17, 15) is 19.2 Å². The highest BCUT2D eigenvalue weighted by Crippen LogP contribution is 2.19. The van der Waals surface area contributed by atoms with Gasteiger partial charge in [0.25, 0.3) is 11.8 Å². The largest absolute Gasteiger partial charge is 0.464 e. The van der Waals surface area contributed by atoms with Crippen LogP contribution in [0.3, 0.4) is 0 Å². The molecular formula is C21H24N6O6. The van der Waals surface area contributed by atoms with Crippen LogP contribution in [-0.2, 0) is 19.1 Å². The van der Waals surface area contributed by atoms with Crippen molar-refractivity contribution in [3.8, 4) is 11.4 Å². The minimum absolute atomic E-state index is 0.179. The molecule has 0 saturated heterocycles. The van der Waals surface area contributed by atoms with Crippen LogP contribution in [0.5, 0.6) is 0 Å². The van der Waals surface area contributed by atoms with Crippen molar-refractivity contribution in [2.75, 3.05) is 12.4 Å². The molecule has 2 aromatic rings. The Kier molecular flexibility index (Phi) is 7.68. The van der Waals surface area contributed by atoms with Crippen molar-refractivity contribution in [3.63, 3.8) is 0 Å². The molecule has 1 aromatic heterocycles. The summed E-state index contributed by atoms with van der Waals surface area (Å²) in [6.45, 7) is 12.0. The lowest BCUT2D eigenvalue weighted by molar-refractivity contribution is -0.137. The van der Waals surface area contributed by atoms with E-state index in [0.717, 1.165) is 7.11 Å². The topological polar surface area (TPSA) is 164 Å². The molecule has 0 saturated carbocycles. The van der Waals surface area contributed by atoms with Crippen molar-refractivity contribution in [2.24, 2.45) is 0 Å². The lowest BCUT2D eigenvalue weighted by Crippen LogP contribution is -2.36. The van der Waals surface area contributed by atoms with Crippen molar-refractivity contribution in [1.82, 2.24) is 25.8 Å². The zero-order valence-electron chi connectivity index (χ0n) is 18.6. The molecule has 0 unspecified atom stereocenters. The van der Waals surface area contributed by atoms with Gasteiger partial charge in [-0.2, -0.15) is 5.10 Å². The number of nitrogens with one attached hydrogen (secondary N) is 4. The third-order valence-electron chi connectivity index (χ3n) is 3.72. The zero-order valence-corrected chi connectivity index (χ0v) is 18.6. The Morgan fingerprint density at radius 2 is 1.64 bits per heavy atom. The summed E-state index contributed by atoms with van der Waals surface area (Å²) in [5.41, 5.74) is -0.227. The Morgan fingerprint density at radius 3 is 2.21 bits per heavy atom. The number of aromatic nitrogens is 3. The van der Waals surface area contributed by atoms with Crippen LogP contribution in [0.15, 0.2) is 48.8 Å². The maximum atomic E-state index is 12.3. The number of ether oxygens (including phenoxy) is 2. The van der Waals surface area contributed by atoms with E-state index in [1.165, 1.54) is 0 Å². The summed E-state index contributed by atoms with van der Waals surface area (Å²) in [5.74, 6) is -2.44. The lowest BCUT2D eigenvalue weighted by Gasteiger charge is -2.19. The molecule has 33 heavy (non-hydrogen) atoms. The van der Waals surface area contributed by atoms with E-state index >= 15 is 0 Å². The van der Waals surface area contributed by atoms with Crippen molar-refractivity contribution in [3.05, 3.63) is 54.6 Å². The number of esters is 1. The number of rotatable bonds is 7. The molecule has 0 spiro atoms. The number of amides is 3. The quantitative estimate of drug-likeness (QED) is 0.362. The minimum atomic E-state index is -0.855. The fourth-order valence-corrected chi connectivity index (χ4v) is 2.26. The van der Waals surface area contributed by atoms with Crippen LogP contribution < -0.4 is 16.0 Å². The molecule has 0 aliphatic carbocycles.